The molecule has 0 aliphatic carbocycles. The number of aromatic nitrogens is 1. The van der Waals surface area contributed by atoms with Crippen LogP contribution in [-0.4, -0.2) is 33.2 Å². The van der Waals surface area contributed by atoms with Gasteiger partial charge in [-0.2, -0.15) is 0 Å². The van der Waals surface area contributed by atoms with Crippen molar-refractivity contribution in [2.45, 2.75) is 70.9 Å². The minimum absolute atomic E-state index is 0.0782. The van der Waals surface area contributed by atoms with E-state index in [9.17, 15) is 9.90 Å². The lowest BCUT2D eigenvalue weighted by Crippen LogP contribution is -2.41. The first-order chi connectivity index (χ1) is 11.0. The van der Waals surface area contributed by atoms with E-state index in [4.69, 9.17) is 5.73 Å². The summed E-state index contributed by atoms with van der Waals surface area (Å²) in [6.45, 7) is 11.1. The topological polar surface area (TPSA) is 79.5 Å². The molecule has 5 heteroatoms. The molecule has 134 valence electrons. The van der Waals surface area contributed by atoms with Crippen molar-refractivity contribution in [1.29, 1.82) is 0 Å². The molecule has 1 aliphatic heterocycles. The van der Waals surface area contributed by atoms with Crippen molar-refractivity contribution in [3.8, 4) is 0 Å². The van der Waals surface area contributed by atoms with Gasteiger partial charge in [-0.1, -0.05) is 20.8 Å². The SMILES string of the molecule is CC(C)(C)c1ccnc(C(N)CC[C@@H]2CN(C(=O)O)C(C)(C)C2)c1. The van der Waals surface area contributed by atoms with E-state index in [1.165, 1.54) is 5.56 Å². The van der Waals surface area contributed by atoms with E-state index >= 15 is 0 Å². The number of likely N-dealkylation sites (tertiary alicyclic amines) is 1. The van der Waals surface area contributed by atoms with Gasteiger partial charge < -0.3 is 15.7 Å². The van der Waals surface area contributed by atoms with Gasteiger partial charge in [0.05, 0.1) is 5.69 Å². The molecule has 2 heterocycles. The number of pyridine rings is 1. The normalized spacial score (nSPS) is 21.8. The van der Waals surface area contributed by atoms with Gasteiger partial charge in [-0.05, 0) is 62.1 Å². The first-order valence-electron chi connectivity index (χ1n) is 8.73. The number of nitrogens with two attached hydrogens (primary N) is 1. The van der Waals surface area contributed by atoms with E-state index in [1.807, 2.05) is 26.1 Å². The predicted molar refractivity (Wildman–Crippen MR) is 96.0 cm³/mol. The summed E-state index contributed by atoms with van der Waals surface area (Å²) in [5.74, 6) is 0.368. The number of rotatable bonds is 4. The average Bonchev–Trinajstić information content (AvgIpc) is 2.79. The molecule has 1 fully saturated rings. The fraction of sp³-hybridized carbons (Fsp3) is 0.684. The second-order valence-electron chi connectivity index (χ2n) is 8.68. The standard InChI is InChI=1S/C19H31N3O2/c1-18(2,3)14-8-9-21-16(10-14)15(20)7-6-13-11-19(4,5)22(12-13)17(23)24/h8-10,13,15H,6-7,11-12,20H2,1-5H3,(H,23,24)/t13-,15?/m0/s1. The fourth-order valence-corrected chi connectivity index (χ4v) is 3.60. The van der Waals surface area contributed by atoms with E-state index in [0.717, 1.165) is 25.0 Å². The average molecular weight is 333 g/mol. The summed E-state index contributed by atoms with van der Waals surface area (Å²) in [6.07, 6.45) is 3.65. The van der Waals surface area contributed by atoms with E-state index in [2.05, 4.69) is 31.8 Å². The highest BCUT2D eigenvalue weighted by Crippen LogP contribution is 2.36. The molecule has 3 N–H and O–H groups in total. The summed E-state index contributed by atoms with van der Waals surface area (Å²) in [5.41, 5.74) is 8.31. The minimum atomic E-state index is -0.827. The Morgan fingerprint density at radius 3 is 2.71 bits per heavy atom. The number of hydrogen-bond donors (Lipinski definition) is 2. The molecule has 0 radical (unpaired) electrons. The highest BCUT2D eigenvalue weighted by Gasteiger charge is 2.41. The number of hydrogen-bond acceptors (Lipinski definition) is 3. The lowest BCUT2D eigenvalue weighted by molar-refractivity contribution is 0.117. The highest BCUT2D eigenvalue weighted by atomic mass is 16.4. The number of carbonyl (C=O) groups is 1. The van der Waals surface area contributed by atoms with Gasteiger partial charge in [0.2, 0.25) is 0 Å². The van der Waals surface area contributed by atoms with Gasteiger partial charge in [-0.3, -0.25) is 4.98 Å². The molecule has 5 nitrogen and oxygen atoms in total. The second-order valence-corrected chi connectivity index (χ2v) is 8.68. The Bertz CT molecular complexity index is 593. The molecule has 1 aromatic heterocycles. The third-order valence-corrected chi connectivity index (χ3v) is 5.10. The molecule has 1 saturated heterocycles. The summed E-state index contributed by atoms with van der Waals surface area (Å²) in [4.78, 5) is 17.3. The molecule has 0 spiro atoms. The molecule has 24 heavy (non-hydrogen) atoms. The van der Waals surface area contributed by atoms with Crippen LogP contribution in [0.4, 0.5) is 4.79 Å². The van der Waals surface area contributed by atoms with E-state index < -0.39 is 6.09 Å². The van der Waals surface area contributed by atoms with Crippen molar-refractivity contribution in [1.82, 2.24) is 9.88 Å². The maximum absolute atomic E-state index is 11.3. The van der Waals surface area contributed by atoms with Crippen LogP contribution in [0.5, 0.6) is 0 Å². The molecule has 1 amide bonds. The summed E-state index contributed by atoms with van der Waals surface area (Å²) in [7, 11) is 0. The summed E-state index contributed by atoms with van der Waals surface area (Å²) >= 11 is 0. The van der Waals surface area contributed by atoms with Crippen LogP contribution >= 0.6 is 0 Å². The van der Waals surface area contributed by atoms with Crippen LogP contribution in [0.15, 0.2) is 18.3 Å². The first-order valence-corrected chi connectivity index (χ1v) is 8.73. The summed E-state index contributed by atoms with van der Waals surface area (Å²) in [5, 5.41) is 9.32. The van der Waals surface area contributed by atoms with E-state index in [1.54, 1.807) is 4.90 Å². The lowest BCUT2D eigenvalue weighted by atomic mass is 9.86. The van der Waals surface area contributed by atoms with Gasteiger partial charge in [0.1, 0.15) is 0 Å². The second kappa shape index (κ2) is 6.71. The van der Waals surface area contributed by atoms with Gasteiger partial charge in [0.15, 0.2) is 0 Å². The molecule has 2 rings (SSSR count). The van der Waals surface area contributed by atoms with Crippen LogP contribution in [-0.2, 0) is 5.41 Å². The molecule has 0 bridgehead atoms. The molecular formula is C19H31N3O2. The van der Waals surface area contributed by atoms with Gasteiger partial charge in [-0.25, -0.2) is 4.79 Å². The molecule has 2 atom stereocenters. The van der Waals surface area contributed by atoms with Crippen molar-refractivity contribution in [2.24, 2.45) is 11.7 Å². The Morgan fingerprint density at radius 1 is 1.50 bits per heavy atom. The van der Waals surface area contributed by atoms with Crippen LogP contribution in [0, 0.1) is 5.92 Å². The summed E-state index contributed by atoms with van der Waals surface area (Å²) < 4.78 is 0. The highest BCUT2D eigenvalue weighted by molar-refractivity contribution is 5.66. The minimum Gasteiger partial charge on any atom is -0.465 e. The third kappa shape index (κ3) is 4.26. The first kappa shape index (κ1) is 18.7. The van der Waals surface area contributed by atoms with Crippen LogP contribution < -0.4 is 5.73 Å². The van der Waals surface area contributed by atoms with E-state index in [-0.39, 0.29) is 17.0 Å². The van der Waals surface area contributed by atoms with E-state index in [0.29, 0.717) is 12.5 Å². The Morgan fingerprint density at radius 2 is 2.17 bits per heavy atom. The van der Waals surface area contributed by atoms with Crippen LogP contribution in [0.25, 0.3) is 0 Å². The maximum Gasteiger partial charge on any atom is 0.407 e. The van der Waals surface area contributed by atoms with Gasteiger partial charge in [0.25, 0.3) is 0 Å². The Balaban J connectivity index is 1.97. The zero-order valence-corrected chi connectivity index (χ0v) is 15.5. The zero-order valence-electron chi connectivity index (χ0n) is 15.5. The van der Waals surface area contributed by atoms with Gasteiger partial charge in [0, 0.05) is 24.3 Å². The zero-order chi connectivity index (χ0) is 18.1. The van der Waals surface area contributed by atoms with Crippen LogP contribution in [0.3, 0.4) is 0 Å². The van der Waals surface area contributed by atoms with Gasteiger partial charge in [-0.15, -0.1) is 0 Å². The Kier molecular flexibility index (Phi) is 5.23. The molecule has 0 saturated carbocycles. The lowest BCUT2D eigenvalue weighted by Gasteiger charge is -2.28. The largest absolute Gasteiger partial charge is 0.465 e. The van der Waals surface area contributed by atoms with Crippen molar-refractivity contribution >= 4 is 6.09 Å². The van der Waals surface area contributed by atoms with Crippen LogP contribution in [0.2, 0.25) is 0 Å². The summed E-state index contributed by atoms with van der Waals surface area (Å²) in [6, 6.07) is 4.04. The molecule has 1 aliphatic rings. The predicted octanol–water partition coefficient (Wildman–Crippen LogP) is 3.94. The third-order valence-electron chi connectivity index (χ3n) is 5.10. The molecular weight excluding hydrogens is 302 g/mol. The maximum atomic E-state index is 11.3. The van der Waals surface area contributed by atoms with Crippen molar-refractivity contribution in [2.75, 3.05) is 6.54 Å². The number of amides is 1. The van der Waals surface area contributed by atoms with Crippen molar-refractivity contribution < 1.29 is 9.90 Å². The monoisotopic (exact) mass is 333 g/mol. The van der Waals surface area contributed by atoms with Crippen molar-refractivity contribution in [3.63, 3.8) is 0 Å². The quantitative estimate of drug-likeness (QED) is 0.874. The fourth-order valence-electron chi connectivity index (χ4n) is 3.60. The smallest absolute Gasteiger partial charge is 0.407 e. The van der Waals surface area contributed by atoms with Crippen LogP contribution in [0.1, 0.15) is 71.2 Å². The Labute approximate surface area is 145 Å². The molecule has 1 aromatic rings. The van der Waals surface area contributed by atoms with Gasteiger partial charge >= 0.3 is 6.09 Å². The number of nitrogens with zero attached hydrogens (tertiary/aromatic N) is 2. The molecule has 1 unspecified atom stereocenters. The molecule has 0 aromatic carbocycles. The number of carboxylic acid groups (broad SMARTS) is 1. The Hall–Kier alpha value is -1.62. The van der Waals surface area contributed by atoms with Crippen molar-refractivity contribution in [3.05, 3.63) is 29.6 Å².